The van der Waals surface area contributed by atoms with E-state index in [4.69, 9.17) is 28.3 Å². The van der Waals surface area contributed by atoms with Crippen LogP contribution in [0.1, 0.15) is 48.5 Å². The van der Waals surface area contributed by atoms with E-state index in [-0.39, 0.29) is 5.75 Å². The van der Waals surface area contributed by atoms with Crippen LogP contribution >= 0.6 is 11.8 Å². The quantitative estimate of drug-likeness (QED) is 0.325. The highest BCUT2D eigenvalue weighted by atomic mass is 32.2. The molecule has 10 nitrogen and oxygen atoms in total. The molecule has 0 amide bonds. The minimum absolute atomic E-state index is 0.268. The van der Waals surface area contributed by atoms with Crippen molar-refractivity contribution in [3.8, 4) is 5.75 Å². The smallest absolute Gasteiger partial charge is 0.474 e. The molecule has 2 fully saturated rings. The highest BCUT2D eigenvalue weighted by Gasteiger charge is 2.52. The summed E-state index contributed by atoms with van der Waals surface area (Å²) in [7, 11) is -0.633. The van der Waals surface area contributed by atoms with Crippen LogP contribution in [-0.2, 0) is 37.9 Å². The van der Waals surface area contributed by atoms with Crippen molar-refractivity contribution in [3.05, 3.63) is 18.5 Å². The molecule has 12 heteroatoms. The number of aromatic nitrogens is 1. The molecule has 1 aromatic heterocycles. The molecule has 0 spiro atoms. The van der Waals surface area contributed by atoms with Gasteiger partial charge in [0, 0.05) is 38.2 Å². The number of carbonyl (C=O) groups excluding carboxylic acids is 3. The van der Waals surface area contributed by atoms with Crippen LogP contribution in [0.2, 0.25) is 0 Å². The van der Waals surface area contributed by atoms with E-state index in [2.05, 4.69) is 4.98 Å². The van der Waals surface area contributed by atoms with Crippen LogP contribution in [-0.4, -0.2) is 70.7 Å². The number of thioether (sulfide) groups is 1. The normalized spacial score (nSPS) is 27.6. The minimum atomic E-state index is -1.03. The van der Waals surface area contributed by atoms with Crippen molar-refractivity contribution < 1.29 is 42.6 Å². The summed E-state index contributed by atoms with van der Waals surface area (Å²) in [5.41, 5.74) is -1.13. The maximum absolute atomic E-state index is 11.8. The fourth-order valence-corrected chi connectivity index (χ4v) is 4.77. The van der Waals surface area contributed by atoms with E-state index in [9.17, 15) is 14.4 Å². The van der Waals surface area contributed by atoms with Crippen LogP contribution in [0.15, 0.2) is 18.5 Å². The van der Waals surface area contributed by atoms with Crippen molar-refractivity contribution in [2.75, 3.05) is 5.75 Å². The average molecular weight is 495 g/mol. The average Bonchev–Trinajstić information content (AvgIpc) is 2.93. The predicted molar refractivity (Wildman–Crippen MR) is 123 cm³/mol. The zero-order valence-electron chi connectivity index (χ0n) is 20.4. The highest BCUT2D eigenvalue weighted by Crippen LogP contribution is 2.37. The van der Waals surface area contributed by atoms with E-state index >= 15 is 0 Å². The molecule has 0 saturated carbocycles. The summed E-state index contributed by atoms with van der Waals surface area (Å²) in [6.07, 6.45) is 0.287. The molecule has 2 saturated heterocycles. The number of hydrogen-bond acceptors (Lipinski definition) is 11. The van der Waals surface area contributed by atoms with Gasteiger partial charge in [-0.1, -0.05) is 0 Å². The number of esters is 3. The molecular formula is C22H30BNO9S. The Kier molecular flexibility index (Phi) is 7.84. The maximum atomic E-state index is 11.8. The molecule has 3 rings (SSSR count). The van der Waals surface area contributed by atoms with E-state index in [0.717, 1.165) is 0 Å². The third-order valence-corrected chi connectivity index (χ3v) is 7.03. The zero-order valence-corrected chi connectivity index (χ0v) is 21.2. The number of pyridine rings is 1. The number of rotatable bonds is 6. The molecule has 0 unspecified atom stereocenters. The van der Waals surface area contributed by atoms with E-state index in [1.54, 1.807) is 12.3 Å². The van der Waals surface area contributed by atoms with Crippen molar-refractivity contribution in [2.45, 2.75) is 83.4 Å². The first kappa shape index (κ1) is 26.3. The van der Waals surface area contributed by atoms with Gasteiger partial charge in [-0.05, 0) is 33.8 Å². The SMILES string of the molecule is CC(=O)O[C@@H]1[C@@H](OC(C)=O)[C@@H](Oc2cncc(B3OC(C)(C)C(C)(C)O3)c2)SC[C@H]1OC(C)=O. The van der Waals surface area contributed by atoms with Gasteiger partial charge in [0.25, 0.3) is 0 Å². The Morgan fingerprint density at radius 1 is 0.941 bits per heavy atom. The van der Waals surface area contributed by atoms with Crippen LogP contribution in [0.25, 0.3) is 0 Å². The molecule has 0 bridgehead atoms. The number of nitrogens with zero attached hydrogens (tertiary/aromatic N) is 1. The molecular weight excluding hydrogens is 465 g/mol. The second-order valence-electron chi connectivity index (χ2n) is 9.16. The van der Waals surface area contributed by atoms with Gasteiger partial charge in [-0.3, -0.25) is 19.4 Å². The topological polar surface area (TPSA) is 119 Å². The van der Waals surface area contributed by atoms with Crippen LogP contribution in [0.3, 0.4) is 0 Å². The van der Waals surface area contributed by atoms with Crippen molar-refractivity contribution in [1.82, 2.24) is 4.98 Å². The van der Waals surface area contributed by atoms with Crippen LogP contribution in [0, 0.1) is 0 Å². The van der Waals surface area contributed by atoms with Gasteiger partial charge < -0.3 is 28.3 Å². The summed E-state index contributed by atoms with van der Waals surface area (Å²) in [4.78, 5) is 39.4. The van der Waals surface area contributed by atoms with Crippen molar-refractivity contribution >= 4 is 42.3 Å². The molecule has 0 N–H and O–H groups in total. The standard InChI is InChI=1S/C22H30BNO9S/c1-12(25)28-17-11-34-20(19(30-14(3)27)18(17)29-13(2)26)31-16-8-15(9-24-10-16)23-32-21(4,5)22(6,7)33-23/h8-10,17-20H,11H2,1-7H3/t17-,18+,19-,20+/m1/s1. The first-order chi connectivity index (χ1) is 15.8. The van der Waals surface area contributed by atoms with Gasteiger partial charge in [-0.15, -0.1) is 11.8 Å². The summed E-state index contributed by atoms with van der Waals surface area (Å²) in [6.45, 7) is 11.5. The summed E-state index contributed by atoms with van der Waals surface area (Å²) in [5, 5.41) is 0. The van der Waals surface area contributed by atoms with Gasteiger partial charge in [0.15, 0.2) is 23.7 Å². The lowest BCUT2D eigenvalue weighted by Crippen LogP contribution is -2.55. The van der Waals surface area contributed by atoms with E-state index in [0.29, 0.717) is 11.2 Å². The summed E-state index contributed by atoms with van der Waals surface area (Å²) >= 11 is 1.27. The summed E-state index contributed by atoms with van der Waals surface area (Å²) in [6, 6.07) is 1.74. The summed E-state index contributed by atoms with van der Waals surface area (Å²) in [5.74, 6) is -1.08. The minimum Gasteiger partial charge on any atom is -0.474 e. The Bertz CT molecular complexity index is 925. The monoisotopic (exact) mass is 495 g/mol. The summed E-state index contributed by atoms with van der Waals surface area (Å²) < 4.78 is 34.5. The Hall–Kier alpha value is -2.31. The van der Waals surface area contributed by atoms with Gasteiger partial charge >= 0.3 is 25.0 Å². The van der Waals surface area contributed by atoms with Crippen molar-refractivity contribution in [3.63, 3.8) is 0 Å². The van der Waals surface area contributed by atoms with Gasteiger partial charge in [0.05, 0.1) is 17.4 Å². The lowest BCUT2D eigenvalue weighted by Gasteiger charge is -2.39. The molecule has 4 atom stereocenters. The van der Waals surface area contributed by atoms with E-state index < -0.39 is 60.0 Å². The third kappa shape index (κ3) is 6.03. The van der Waals surface area contributed by atoms with Gasteiger partial charge in [-0.25, -0.2) is 0 Å². The Labute approximate surface area is 203 Å². The first-order valence-corrected chi connectivity index (χ1v) is 11.9. The van der Waals surface area contributed by atoms with Crippen LogP contribution in [0.5, 0.6) is 5.75 Å². The van der Waals surface area contributed by atoms with Gasteiger partial charge in [0.1, 0.15) is 5.75 Å². The maximum Gasteiger partial charge on any atom is 0.496 e. The molecule has 186 valence electrons. The lowest BCUT2D eigenvalue weighted by molar-refractivity contribution is -0.186. The highest BCUT2D eigenvalue weighted by molar-refractivity contribution is 7.99. The number of ether oxygens (including phenoxy) is 4. The van der Waals surface area contributed by atoms with Crippen LogP contribution < -0.4 is 10.2 Å². The van der Waals surface area contributed by atoms with E-state index in [1.165, 1.54) is 38.7 Å². The Morgan fingerprint density at radius 2 is 1.50 bits per heavy atom. The second kappa shape index (κ2) is 10.1. The molecule has 3 heterocycles. The first-order valence-electron chi connectivity index (χ1n) is 10.9. The molecule has 0 aliphatic carbocycles. The molecule has 1 aromatic rings. The zero-order chi connectivity index (χ0) is 25.3. The largest absolute Gasteiger partial charge is 0.496 e. The molecule has 2 aliphatic heterocycles. The Morgan fingerprint density at radius 3 is 2.06 bits per heavy atom. The fourth-order valence-electron chi connectivity index (χ4n) is 3.55. The molecule has 34 heavy (non-hydrogen) atoms. The van der Waals surface area contributed by atoms with Crippen molar-refractivity contribution in [2.24, 2.45) is 0 Å². The lowest BCUT2D eigenvalue weighted by atomic mass is 9.80. The molecule has 0 radical (unpaired) electrons. The second-order valence-corrected chi connectivity index (χ2v) is 10.3. The van der Waals surface area contributed by atoms with Gasteiger partial charge in [0.2, 0.25) is 0 Å². The third-order valence-electron chi connectivity index (χ3n) is 5.82. The predicted octanol–water partition coefficient (Wildman–Crippen LogP) is 1.63. The van der Waals surface area contributed by atoms with E-state index in [1.807, 2.05) is 27.7 Å². The molecule has 2 aliphatic rings. The van der Waals surface area contributed by atoms with Crippen LogP contribution in [0.4, 0.5) is 0 Å². The fraction of sp³-hybridized carbons (Fsp3) is 0.636. The number of carbonyl (C=O) groups is 3. The molecule has 0 aromatic carbocycles. The Balaban J connectivity index is 1.83. The van der Waals surface area contributed by atoms with Gasteiger partial charge in [-0.2, -0.15) is 0 Å². The number of hydrogen-bond donors (Lipinski definition) is 0. The van der Waals surface area contributed by atoms with Crippen molar-refractivity contribution in [1.29, 1.82) is 0 Å².